The first-order valence-electron chi connectivity index (χ1n) is 6.56. The minimum Gasteiger partial charge on any atom is -0.393 e. The summed E-state index contributed by atoms with van der Waals surface area (Å²) >= 11 is 0. The minimum absolute atomic E-state index is 0.151. The first-order chi connectivity index (χ1) is 7.50. The third-order valence-electron chi connectivity index (χ3n) is 4.05. The molecule has 0 aromatic heterocycles. The molecule has 1 rings (SSSR count). The molecule has 0 aromatic carbocycles. The normalized spacial score (nSPS) is 27.9. The van der Waals surface area contributed by atoms with Crippen molar-refractivity contribution in [1.82, 2.24) is 10.2 Å². The average molecular weight is 228 g/mol. The van der Waals surface area contributed by atoms with Crippen molar-refractivity contribution >= 4 is 0 Å². The Morgan fingerprint density at radius 2 is 2.25 bits per heavy atom. The van der Waals surface area contributed by atoms with E-state index in [1.54, 1.807) is 0 Å². The maximum Gasteiger partial charge on any atom is 0.0552 e. The van der Waals surface area contributed by atoms with E-state index in [0.717, 1.165) is 32.6 Å². The molecule has 3 atom stereocenters. The maximum atomic E-state index is 9.59. The van der Waals surface area contributed by atoms with Crippen LogP contribution in [0.15, 0.2) is 0 Å². The number of aliphatic hydroxyl groups excluding tert-OH is 1. The van der Waals surface area contributed by atoms with Gasteiger partial charge >= 0.3 is 0 Å². The number of nitrogens with zero attached hydrogens (tertiary/aromatic N) is 1. The molecule has 1 fully saturated rings. The van der Waals surface area contributed by atoms with Gasteiger partial charge in [0.15, 0.2) is 0 Å². The number of rotatable bonds is 6. The zero-order chi connectivity index (χ0) is 12.2. The Kier molecular flexibility index (Phi) is 5.22. The summed E-state index contributed by atoms with van der Waals surface area (Å²) in [4.78, 5) is 2.51. The molecule has 3 nitrogen and oxygen atoms in total. The van der Waals surface area contributed by atoms with Gasteiger partial charge in [-0.05, 0) is 44.7 Å². The molecule has 0 aromatic rings. The molecule has 0 spiro atoms. The molecular weight excluding hydrogens is 200 g/mol. The van der Waals surface area contributed by atoms with E-state index >= 15 is 0 Å². The third kappa shape index (κ3) is 3.72. The lowest BCUT2D eigenvalue weighted by Gasteiger charge is -2.33. The lowest BCUT2D eigenvalue weighted by Crippen LogP contribution is -2.40. The first kappa shape index (κ1) is 13.9. The monoisotopic (exact) mass is 228 g/mol. The van der Waals surface area contributed by atoms with Gasteiger partial charge in [-0.15, -0.1) is 0 Å². The predicted octanol–water partition coefficient (Wildman–Crippen LogP) is 1.32. The SMILES string of the molecule is CCC(C)(CNC)CN1CCC(C(C)O)C1. The molecule has 1 aliphatic rings. The smallest absolute Gasteiger partial charge is 0.0552 e. The Hall–Kier alpha value is -0.120. The van der Waals surface area contributed by atoms with Gasteiger partial charge < -0.3 is 15.3 Å². The summed E-state index contributed by atoms with van der Waals surface area (Å²) in [6, 6.07) is 0. The predicted molar refractivity (Wildman–Crippen MR) is 68.6 cm³/mol. The second-order valence-corrected chi connectivity index (χ2v) is 5.72. The summed E-state index contributed by atoms with van der Waals surface area (Å²) in [6.45, 7) is 11.0. The molecule has 96 valence electrons. The van der Waals surface area contributed by atoms with Crippen LogP contribution in [0, 0.1) is 11.3 Å². The van der Waals surface area contributed by atoms with E-state index < -0.39 is 0 Å². The highest BCUT2D eigenvalue weighted by molar-refractivity contribution is 4.85. The fraction of sp³-hybridized carbons (Fsp3) is 1.00. The van der Waals surface area contributed by atoms with Crippen molar-refractivity contribution in [3.8, 4) is 0 Å². The molecule has 1 aliphatic heterocycles. The number of aliphatic hydroxyl groups is 1. The van der Waals surface area contributed by atoms with E-state index in [1.165, 1.54) is 6.42 Å². The van der Waals surface area contributed by atoms with Crippen LogP contribution >= 0.6 is 0 Å². The van der Waals surface area contributed by atoms with Gasteiger partial charge in [-0.3, -0.25) is 0 Å². The number of hydrogen-bond donors (Lipinski definition) is 2. The van der Waals surface area contributed by atoms with Crippen molar-refractivity contribution in [3.63, 3.8) is 0 Å². The highest BCUT2D eigenvalue weighted by Crippen LogP contribution is 2.26. The van der Waals surface area contributed by atoms with Gasteiger partial charge in [0.25, 0.3) is 0 Å². The molecule has 0 bridgehead atoms. The van der Waals surface area contributed by atoms with Crippen molar-refractivity contribution in [2.24, 2.45) is 11.3 Å². The van der Waals surface area contributed by atoms with Gasteiger partial charge in [0.2, 0.25) is 0 Å². The average Bonchev–Trinajstić information content (AvgIpc) is 2.66. The van der Waals surface area contributed by atoms with Crippen LogP contribution in [0.5, 0.6) is 0 Å². The van der Waals surface area contributed by atoms with Crippen molar-refractivity contribution in [2.45, 2.75) is 39.7 Å². The van der Waals surface area contributed by atoms with Crippen molar-refractivity contribution in [2.75, 3.05) is 33.2 Å². The van der Waals surface area contributed by atoms with Crippen LogP contribution in [0.3, 0.4) is 0 Å². The Bertz CT molecular complexity index is 208. The molecule has 2 N–H and O–H groups in total. The molecule has 0 radical (unpaired) electrons. The Labute approximate surface area is 100 Å². The topological polar surface area (TPSA) is 35.5 Å². The standard InChI is InChI=1S/C13H28N2O/c1-5-13(3,9-14-4)10-15-7-6-12(8-15)11(2)16/h11-12,14,16H,5-10H2,1-4H3. The summed E-state index contributed by atoms with van der Waals surface area (Å²) in [6.07, 6.45) is 2.20. The first-order valence-corrected chi connectivity index (χ1v) is 6.56. The van der Waals surface area contributed by atoms with E-state index in [1.807, 2.05) is 14.0 Å². The number of nitrogens with one attached hydrogen (secondary N) is 1. The van der Waals surface area contributed by atoms with Crippen LogP contribution < -0.4 is 5.32 Å². The Balaban J connectivity index is 2.42. The van der Waals surface area contributed by atoms with Crippen LogP contribution in [0.25, 0.3) is 0 Å². The highest BCUT2D eigenvalue weighted by Gasteiger charge is 2.31. The number of likely N-dealkylation sites (tertiary alicyclic amines) is 1. The van der Waals surface area contributed by atoms with E-state index in [4.69, 9.17) is 0 Å². The summed E-state index contributed by atoms with van der Waals surface area (Å²) in [5.41, 5.74) is 0.363. The fourth-order valence-electron chi connectivity index (χ4n) is 2.66. The quantitative estimate of drug-likeness (QED) is 0.720. The molecule has 3 unspecified atom stereocenters. The van der Waals surface area contributed by atoms with E-state index in [9.17, 15) is 5.11 Å². The Morgan fingerprint density at radius 3 is 2.69 bits per heavy atom. The van der Waals surface area contributed by atoms with Gasteiger partial charge in [-0.25, -0.2) is 0 Å². The van der Waals surface area contributed by atoms with Crippen LogP contribution in [0.1, 0.15) is 33.6 Å². The third-order valence-corrected chi connectivity index (χ3v) is 4.05. The largest absolute Gasteiger partial charge is 0.393 e. The van der Waals surface area contributed by atoms with E-state index in [0.29, 0.717) is 11.3 Å². The van der Waals surface area contributed by atoms with Crippen LogP contribution in [-0.4, -0.2) is 49.3 Å². The molecule has 0 aliphatic carbocycles. The van der Waals surface area contributed by atoms with Gasteiger partial charge in [-0.2, -0.15) is 0 Å². The van der Waals surface area contributed by atoms with Crippen LogP contribution in [0.4, 0.5) is 0 Å². The van der Waals surface area contributed by atoms with Crippen LogP contribution in [-0.2, 0) is 0 Å². The fourth-order valence-corrected chi connectivity index (χ4v) is 2.66. The maximum absolute atomic E-state index is 9.59. The van der Waals surface area contributed by atoms with Crippen molar-refractivity contribution in [3.05, 3.63) is 0 Å². The van der Waals surface area contributed by atoms with E-state index in [-0.39, 0.29) is 6.10 Å². The molecule has 1 heterocycles. The second kappa shape index (κ2) is 5.99. The summed E-state index contributed by atoms with van der Waals surface area (Å²) in [7, 11) is 2.02. The summed E-state index contributed by atoms with van der Waals surface area (Å²) < 4.78 is 0. The lowest BCUT2D eigenvalue weighted by atomic mass is 9.87. The second-order valence-electron chi connectivity index (χ2n) is 5.72. The van der Waals surface area contributed by atoms with Gasteiger partial charge in [0.05, 0.1) is 6.10 Å². The zero-order valence-corrected chi connectivity index (χ0v) is 11.3. The van der Waals surface area contributed by atoms with Gasteiger partial charge in [0, 0.05) is 19.6 Å². The summed E-state index contributed by atoms with van der Waals surface area (Å²) in [5.74, 6) is 0.482. The van der Waals surface area contributed by atoms with Crippen LogP contribution in [0.2, 0.25) is 0 Å². The number of hydrogen-bond acceptors (Lipinski definition) is 3. The molecule has 0 amide bonds. The molecule has 3 heteroatoms. The zero-order valence-electron chi connectivity index (χ0n) is 11.3. The minimum atomic E-state index is -0.151. The molecule has 1 saturated heterocycles. The Morgan fingerprint density at radius 1 is 1.56 bits per heavy atom. The van der Waals surface area contributed by atoms with Gasteiger partial charge in [-0.1, -0.05) is 13.8 Å². The highest BCUT2D eigenvalue weighted by atomic mass is 16.3. The lowest BCUT2D eigenvalue weighted by molar-refractivity contribution is 0.118. The van der Waals surface area contributed by atoms with Crippen molar-refractivity contribution in [1.29, 1.82) is 0 Å². The molecular formula is C13H28N2O. The van der Waals surface area contributed by atoms with Gasteiger partial charge in [0.1, 0.15) is 0 Å². The molecule has 0 saturated carbocycles. The van der Waals surface area contributed by atoms with Crippen molar-refractivity contribution < 1.29 is 5.11 Å². The molecule has 16 heavy (non-hydrogen) atoms. The summed E-state index contributed by atoms with van der Waals surface area (Å²) in [5, 5.41) is 12.9. The van der Waals surface area contributed by atoms with E-state index in [2.05, 4.69) is 24.1 Å².